The average Bonchev–Trinajstić information content (AvgIpc) is 3.50. The van der Waals surface area contributed by atoms with Crippen LogP contribution >= 0.6 is 0 Å². The minimum absolute atomic E-state index is 0.0360. The second-order valence-corrected chi connectivity index (χ2v) is 9.95. The largest absolute Gasteiger partial charge is 0.507 e. The normalized spacial score (nSPS) is 17.7. The van der Waals surface area contributed by atoms with Gasteiger partial charge in [0.15, 0.2) is 11.5 Å². The zero-order valence-corrected chi connectivity index (χ0v) is 22.6. The lowest BCUT2D eigenvalue weighted by atomic mass is 9.91. The molecule has 8 nitrogen and oxygen atoms in total. The highest BCUT2D eigenvalue weighted by Crippen LogP contribution is 2.43. The van der Waals surface area contributed by atoms with Crippen LogP contribution in [-0.4, -0.2) is 42.7 Å². The summed E-state index contributed by atoms with van der Waals surface area (Å²) < 4.78 is 21.8. The van der Waals surface area contributed by atoms with Crippen LogP contribution in [0.3, 0.4) is 0 Å². The maximum atomic E-state index is 13.6. The molecule has 1 atom stereocenters. The van der Waals surface area contributed by atoms with E-state index in [0.29, 0.717) is 34.1 Å². The molecule has 5 rings (SSSR count). The molecule has 1 N–H and O–H groups in total. The number of hydrogen-bond acceptors (Lipinski definition) is 7. The third-order valence-electron chi connectivity index (χ3n) is 7.22. The number of carbonyl (C=O) groups is 2. The second kappa shape index (κ2) is 10.4. The summed E-state index contributed by atoms with van der Waals surface area (Å²) in [6.45, 7) is 6.16. The number of aliphatic hydroxyl groups is 1. The van der Waals surface area contributed by atoms with E-state index in [-0.39, 0.29) is 30.6 Å². The molecule has 1 saturated heterocycles. The standard InChI is InChI=1S/C31H31NO7/c1-17(2)22-14-23(18(3)12-25(22)37-5)29(33)27-28(20-7-9-21(36-4)10-8-20)32(31(35)30(27)34)15-19-6-11-24-26(13-19)39-16-38-24/h6-14,17,28,33H,15-16H2,1-5H3/b29-27+. The summed E-state index contributed by atoms with van der Waals surface area (Å²) >= 11 is 0. The van der Waals surface area contributed by atoms with E-state index in [2.05, 4.69) is 0 Å². The Morgan fingerprint density at radius 2 is 1.72 bits per heavy atom. The Hall–Kier alpha value is -4.46. The van der Waals surface area contributed by atoms with Gasteiger partial charge >= 0.3 is 0 Å². The molecule has 1 fully saturated rings. The number of benzene rings is 3. The first-order valence-electron chi connectivity index (χ1n) is 12.7. The highest BCUT2D eigenvalue weighted by atomic mass is 16.7. The average molecular weight is 530 g/mol. The Morgan fingerprint density at radius 1 is 1.00 bits per heavy atom. The molecule has 0 saturated carbocycles. The summed E-state index contributed by atoms with van der Waals surface area (Å²) in [4.78, 5) is 28.5. The summed E-state index contributed by atoms with van der Waals surface area (Å²) in [7, 11) is 3.17. The molecule has 0 aliphatic carbocycles. The molecular weight excluding hydrogens is 498 g/mol. The number of ketones is 1. The van der Waals surface area contributed by atoms with Crippen LogP contribution in [0, 0.1) is 6.92 Å². The number of fused-ring (bicyclic) bond motifs is 1. The number of aliphatic hydroxyl groups excluding tert-OH is 1. The summed E-state index contributed by atoms with van der Waals surface area (Å²) in [6.07, 6.45) is 0. The van der Waals surface area contributed by atoms with Gasteiger partial charge in [-0.05, 0) is 71.5 Å². The van der Waals surface area contributed by atoms with Gasteiger partial charge in [-0.15, -0.1) is 0 Å². The molecular formula is C31H31NO7. The third-order valence-corrected chi connectivity index (χ3v) is 7.22. The molecule has 0 spiro atoms. The molecule has 39 heavy (non-hydrogen) atoms. The van der Waals surface area contributed by atoms with E-state index in [1.165, 1.54) is 4.90 Å². The predicted molar refractivity (Wildman–Crippen MR) is 145 cm³/mol. The number of hydrogen-bond donors (Lipinski definition) is 1. The van der Waals surface area contributed by atoms with E-state index >= 15 is 0 Å². The van der Waals surface area contributed by atoms with Crippen LogP contribution < -0.4 is 18.9 Å². The molecule has 1 amide bonds. The Bertz CT molecular complexity index is 1470. The number of carbonyl (C=O) groups excluding carboxylic acids is 2. The SMILES string of the molecule is COc1ccc(C2/C(=C(\O)c3cc(C(C)C)c(OC)cc3C)C(=O)C(=O)N2Cc2ccc3c(c2)OCO3)cc1. The van der Waals surface area contributed by atoms with Gasteiger partial charge in [-0.1, -0.05) is 32.0 Å². The monoisotopic (exact) mass is 529 g/mol. The lowest BCUT2D eigenvalue weighted by molar-refractivity contribution is -0.140. The van der Waals surface area contributed by atoms with Gasteiger partial charge in [-0.3, -0.25) is 9.59 Å². The van der Waals surface area contributed by atoms with E-state index in [1.54, 1.807) is 50.6 Å². The van der Waals surface area contributed by atoms with E-state index in [0.717, 1.165) is 16.7 Å². The fraction of sp³-hybridized carbons (Fsp3) is 0.290. The Morgan fingerprint density at radius 3 is 2.38 bits per heavy atom. The van der Waals surface area contributed by atoms with Crippen LogP contribution in [0.4, 0.5) is 0 Å². The van der Waals surface area contributed by atoms with Crippen molar-refractivity contribution >= 4 is 17.4 Å². The number of nitrogens with zero attached hydrogens (tertiary/aromatic N) is 1. The van der Waals surface area contributed by atoms with Crippen LogP contribution in [0.1, 0.15) is 53.6 Å². The molecule has 2 heterocycles. The molecule has 0 aromatic heterocycles. The number of rotatable bonds is 7. The number of likely N-dealkylation sites (tertiary alicyclic amines) is 1. The highest BCUT2D eigenvalue weighted by Gasteiger charge is 2.46. The van der Waals surface area contributed by atoms with Crippen molar-refractivity contribution in [2.75, 3.05) is 21.0 Å². The predicted octanol–water partition coefficient (Wildman–Crippen LogP) is 5.49. The zero-order valence-electron chi connectivity index (χ0n) is 22.6. The molecule has 8 heteroatoms. The van der Waals surface area contributed by atoms with Crippen molar-refractivity contribution in [3.8, 4) is 23.0 Å². The van der Waals surface area contributed by atoms with Gasteiger partial charge < -0.3 is 29.0 Å². The molecule has 2 aliphatic heterocycles. The maximum Gasteiger partial charge on any atom is 0.295 e. The fourth-order valence-electron chi connectivity index (χ4n) is 5.14. The fourth-order valence-corrected chi connectivity index (χ4v) is 5.14. The van der Waals surface area contributed by atoms with Gasteiger partial charge in [0.1, 0.15) is 17.3 Å². The molecule has 0 radical (unpaired) electrons. The van der Waals surface area contributed by atoms with Gasteiger partial charge in [-0.25, -0.2) is 0 Å². The number of Topliss-reactive ketones (excluding diaryl/α,β-unsaturated/α-hetero) is 1. The van der Waals surface area contributed by atoms with Gasteiger partial charge in [0.2, 0.25) is 6.79 Å². The first kappa shape index (κ1) is 26.2. The summed E-state index contributed by atoms with van der Waals surface area (Å²) in [5, 5.41) is 11.7. The first-order chi connectivity index (χ1) is 18.7. The molecule has 1 unspecified atom stereocenters. The Balaban J connectivity index is 1.65. The van der Waals surface area contributed by atoms with E-state index in [9.17, 15) is 14.7 Å². The van der Waals surface area contributed by atoms with E-state index in [4.69, 9.17) is 18.9 Å². The van der Waals surface area contributed by atoms with Crippen molar-refractivity contribution in [2.24, 2.45) is 0 Å². The van der Waals surface area contributed by atoms with Crippen molar-refractivity contribution in [3.05, 3.63) is 88.0 Å². The topological polar surface area (TPSA) is 94.5 Å². The van der Waals surface area contributed by atoms with Crippen molar-refractivity contribution in [1.82, 2.24) is 4.90 Å². The van der Waals surface area contributed by atoms with Crippen molar-refractivity contribution in [2.45, 2.75) is 39.3 Å². The number of aryl methyl sites for hydroxylation is 1. The molecule has 3 aromatic carbocycles. The molecule has 202 valence electrons. The number of ether oxygens (including phenoxy) is 4. The van der Waals surface area contributed by atoms with Crippen LogP contribution in [0.25, 0.3) is 5.76 Å². The van der Waals surface area contributed by atoms with Gasteiger partial charge in [0, 0.05) is 12.1 Å². The Labute approximate surface area is 227 Å². The van der Waals surface area contributed by atoms with E-state index in [1.807, 2.05) is 39.0 Å². The molecule has 2 aliphatic rings. The van der Waals surface area contributed by atoms with E-state index < -0.39 is 17.7 Å². The molecule has 0 bridgehead atoms. The molecule has 3 aromatic rings. The first-order valence-corrected chi connectivity index (χ1v) is 12.7. The summed E-state index contributed by atoms with van der Waals surface area (Å²) in [5.74, 6) is 1.01. The van der Waals surface area contributed by atoms with Gasteiger partial charge in [0.05, 0.1) is 25.8 Å². The lowest BCUT2D eigenvalue weighted by Crippen LogP contribution is -2.29. The summed E-state index contributed by atoms with van der Waals surface area (Å²) in [5.41, 5.74) is 3.58. The minimum atomic E-state index is -0.815. The van der Waals surface area contributed by atoms with Crippen LogP contribution in [0.15, 0.2) is 60.2 Å². The summed E-state index contributed by atoms with van der Waals surface area (Å²) in [6, 6.07) is 15.4. The quantitative estimate of drug-likeness (QED) is 0.246. The highest BCUT2D eigenvalue weighted by molar-refractivity contribution is 6.46. The van der Waals surface area contributed by atoms with Crippen LogP contribution in [0.2, 0.25) is 0 Å². The van der Waals surface area contributed by atoms with Gasteiger partial charge in [-0.2, -0.15) is 0 Å². The third kappa shape index (κ3) is 4.67. The second-order valence-electron chi connectivity index (χ2n) is 9.95. The smallest absolute Gasteiger partial charge is 0.295 e. The zero-order chi connectivity index (χ0) is 27.8. The number of methoxy groups -OCH3 is 2. The van der Waals surface area contributed by atoms with Crippen molar-refractivity contribution < 1.29 is 33.6 Å². The number of amides is 1. The van der Waals surface area contributed by atoms with Crippen LogP contribution in [-0.2, 0) is 16.1 Å². The van der Waals surface area contributed by atoms with Crippen molar-refractivity contribution in [1.29, 1.82) is 0 Å². The maximum absolute atomic E-state index is 13.6. The van der Waals surface area contributed by atoms with Crippen LogP contribution in [0.5, 0.6) is 23.0 Å². The lowest BCUT2D eigenvalue weighted by Gasteiger charge is -2.26. The van der Waals surface area contributed by atoms with Crippen molar-refractivity contribution in [3.63, 3.8) is 0 Å². The Kier molecular flexibility index (Phi) is 6.95. The van der Waals surface area contributed by atoms with Gasteiger partial charge in [0.25, 0.3) is 11.7 Å². The minimum Gasteiger partial charge on any atom is -0.507 e.